The molecule has 1 saturated carbocycles. The summed E-state index contributed by atoms with van der Waals surface area (Å²) in [6, 6.07) is 0.992. The van der Waals surface area contributed by atoms with Crippen molar-refractivity contribution in [2.24, 2.45) is 17.8 Å². The molecule has 3 aliphatic heterocycles. The van der Waals surface area contributed by atoms with Gasteiger partial charge in [-0.3, -0.25) is 14.6 Å². The molecule has 0 aromatic rings. The highest BCUT2D eigenvalue weighted by Gasteiger charge is 2.61. The Balaban J connectivity index is 1.34. The molecule has 4 fully saturated rings. The molecule has 4 aliphatic rings. The van der Waals surface area contributed by atoms with Gasteiger partial charge in [0.1, 0.15) is 0 Å². The number of hydrogen-bond donors (Lipinski definition) is 0. The second-order valence-corrected chi connectivity index (χ2v) is 9.10. The first kappa shape index (κ1) is 20.0. The Morgan fingerprint density at radius 1 is 1.07 bits per heavy atom. The zero-order chi connectivity index (χ0) is 20.0. The lowest BCUT2D eigenvalue weighted by Crippen LogP contribution is -2.62. The Kier molecular flexibility index (Phi) is 5.58. The van der Waals surface area contributed by atoms with Gasteiger partial charge in [-0.05, 0) is 52.4 Å². The first-order chi connectivity index (χ1) is 13.5. The summed E-state index contributed by atoms with van der Waals surface area (Å²) in [5, 5.41) is 0. The number of carbonyl (C=O) groups is 2. The monoisotopic (exact) mass is 393 g/mol. The molecule has 7 nitrogen and oxygen atoms in total. The first-order valence-electron chi connectivity index (χ1n) is 11.0. The fourth-order valence-corrected chi connectivity index (χ4v) is 5.87. The standard InChI is InChI=1S/C21H35N3O4/c1-5-23(13(3)4)20(25)19-17-9-22(10-18(17)19)14-7-15-11-27-12-16(8-14)24(15)21(26)28-6-2/h13-19H,5-12H2,1-4H3/t14?,15?,16?,17-,18+,19?. The molecule has 0 spiro atoms. The maximum absolute atomic E-state index is 12.8. The Labute approximate surface area is 168 Å². The summed E-state index contributed by atoms with van der Waals surface area (Å²) in [4.78, 5) is 31.7. The fraction of sp³-hybridized carbons (Fsp3) is 0.905. The SMILES string of the molecule is CCOC(=O)N1C2COCC1CC(N1C[C@@H]3C(C(=O)N(CC)C(C)C)[C@@H]3C1)C2. The van der Waals surface area contributed by atoms with Crippen molar-refractivity contribution in [1.29, 1.82) is 0 Å². The third kappa shape index (κ3) is 3.41. The van der Waals surface area contributed by atoms with E-state index in [0.29, 0.717) is 43.6 Å². The molecule has 3 heterocycles. The van der Waals surface area contributed by atoms with Gasteiger partial charge in [-0.15, -0.1) is 0 Å². The zero-order valence-corrected chi connectivity index (χ0v) is 17.7. The number of rotatable bonds is 5. The van der Waals surface area contributed by atoms with E-state index in [1.54, 1.807) is 0 Å². The van der Waals surface area contributed by atoms with Gasteiger partial charge in [0.25, 0.3) is 0 Å². The van der Waals surface area contributed by atoms with Gasteiger partial charge in [-0.25, -0.2) is 4.79 Å². The lowest BCUT2D eigenvalue weighted by atomic mass is 9.89. The number of piperidine rings is 2. The molecule has 0 aromatic heterocycles. The highest BCUT2D eigenvalue weighted by atomic mass is 16.6. The van der Waals surface area contributed by atoms with E-state index in [9.17, 15) is 9.59 Å². The lowest BCUT2D eigenvalue weighted by Gasteiger charge is -2.49. The van der Waals surface area contributed by atoms with Crippen LogP contribution in [0.15, 0.2) is 0 Å². The van der Waals surface area contributed by atoms with Crippen LogP contribution in [0.25, 0.3) is 0 Å². The van der Waals surface area contributed by atoms with E-state index < -0.39 is 0 Å². The topological polar surface area (TPSA) is 62.3 Å². The second kappa shape index (κ2) is 7.82. The molecular weight excluding hydrogens is 358 g/mol. The molecule has 2 amide bonds. The Hall–Kier alpha value is -1.34. The van der Waals surface area contributed by atoms with Crippen molar-refractivity contribution in [3.8, 4) is 0 Å². The number of morpholine rings is 1. The number of ether oxygens (including phenoxy) is 2. The van der Waals surface area contributed by atoms with Gasteiger partial charge >= 0.3 is 6.09 Å². The largest absolute Gasteiger partial charge is 0.450 e. The first-order valence-corrected chi connectivity index (χ1v) is 11.0. The van der Waals surface area contributed by atoms with Crippen molar-refractivity contribution < 1.29 is 19.1 Å². The maximum Gasteiger partial charge on any atom is 0.410 e. The summed E-state index contributed by atoms with van der Waals surface area (Å²) in [6.07, 6.45) is 1.70. The second-order valence-electron chi connectivity index (χ2n) is 9.10. The van der Waals surface area contributed by atoms with E-state index in [0.717, 1.165) is 32.5 Å². The predicted molar refractivity (Wildman–Crippen MR) is 105 cm³/mol. The van der Waals surface area contributed by atoms with Crippen LogP contribution in [0.3, 0.4) is 0 Å². The van der Waals surface area contributed by atoms with Crippen molar-refractivity contribution >= 4 is 12.0 Å². The van der Waals surface area contributed by atoms with E-state index in [1.165, 1.54) is 0 Å². The third-order valence-corrected chi connectivity index (χ3v) is 7.25. The molecule has 158 valence electrons. The average molecular weight is 394 g/mol. The van der Waals surface area contributed by atoms with Crippen LogP contribution < -0.4 is 0 Å². The van der Waals surface area contributed by atoms with Gasteiger partial charge in [-0.1, -0.05) is 0 Å². The molecule has 0 aromatic carbocycles. The Morgan fingerprint density at radius 3 is 2.18 bits per heavy atom. The fourth-order valence-electron chi connectivity index (χ4n) is 5.87. The van der Waals surface area contributed by atoms with Crippen LogP contribution in [0.2, 0.25) is 0 Å². The van der Waals surface area contributed by atoms with Gasteiger partial charge in [0.2, 0.25) is 5.91 Å². The van der Waals surface area contributed by atoms with Gasteiger partial charge in [-0.2, -0.15) is 0 Å². The molecule has 0 N–H and O–H groups in total. The molecule has 2 bridgehead atoms. The number of hydrogen-bond acceptors (Lipinski definition) is 5. The minimum Gasteiger partial charge on any atom is -0.450 e. The van der Waals surface area contributed by atoms with Crippen molar-refractivity contribution in [2.75, 3.05) is 39.5 Å². The summed E-state index contributed by atoms with van der Waals surface area (Å²) >= 11 is 0. The van der Waals surface area contributed by atoms with E-state index in [1.807, 2.05) is 16.7 Å². The minimum absolute atomic E-state index is 0.113. The minimum atomic E-state index is -0.192. The van der Waals surface area contributed by atoms with Crippen LogP contribution in [0.5, 0.6) is 0 Å². The number of carbonyl (C=O) groups excluding carboxylic acids is 2. The lowest BCUT2D eigenvalue weighted by molar-refractivity contribution is -0.135. The molecule has 5 atom stereocenters. The van der Waals surface area contributed by atoms with Gasteiger partial charge in [0.15, 0.2) is 0 Å². The Morgan fingerprint density at radius 2 is 1.68 bits per heavy atom. The smallest absolute Gasteiger partial charge is 0.410 e. The van der Waals surface area contributed by atoms with E-state index in [4.69, 9.17) is 9.47 Å². The molecular formula is C21H35N3O4. The van der Waals surface area contributed by atoms with Crippen LogP contribution in [-0.2, 0) is 14.3 Å². The van der Waals surface area contributed by atoms with Crippen LogP contribution in [0.4, 0.5) is 4.79 Å². The quantitative estimate of drug-likeness (QED) is 0.713. The maximum atomic E-state index is 12.8. The molecule has 0 radical (unpaired) electrons. The Bertz CT molecular complexity index is 586. The average Bonchev–Trinajstić information content (AvgIpc) is 3.14. The number of fused-ring (bicyclic) bond motifs is 3. The van der Waals surface area contributed by atoms with Crippen LogP contribution in [-0.4, -0.2) is 90.3 Å². The van der Waals surface area contributed by atoms with Gasteiger partial charge < -0.3 is 14.4 Å². The number of likely N-dealkylation sites (tertiary alicyclic amines) is 1. The molecule has 3 unspecified atom stereocenters. The van der Waals surface area contributed by atoms with Crippen molar-refractivity contribution in [1.82, 2.24) is 14.7 Å². The number of amides is 2. The highest BCUT2D eigenvalue weighted by Crippen LogP contribution is 2.54. The number of nitrogens with zero attached hydrogens (tertiary/aromatic N) is 3. The summed E-state index contributed by atoms with van der Waals surface area (Å²) in [7, 11) is 0. The van der Waals surface area contributed by atoms with Crippen molar-refractivity contribution in [3.63, 3.8) is 0 Å². The van der Waals surface area contributed by atoms with Crippen molar-refractivity contribution in [3.05, 3.63) is 0 Å². The molecule has 28 heavy (non-hydrogen) atoms. The predicted octanol–water partition coefficient (Wildman–Crippen LogP) is 1.81. The van der Waals surface area contributed by atoms with E-state index >= 15 is 0 Å². The zero-order valence-electron chi connectivity index (χ0n) is 17.7. The molecule has 7 heteroatoms. The van der Waals surface area contributed by atoms with Gasteiger partial charge in [0, 0.05) is 37.6 Å². The third-order valence-electron chi connectivity index (χ3n) is 7.25. The molecule has 1 aliphatic carbocycles. The van der Waals surface area contributed by atoms with Crippen LogP contribution in [0.1, 0.15) is 40.5 Å². The van der Waals surface area contributed by atoms with Crippen LogP contribution in [0, 0.1) is 17.8 Å². The summed E-state index contributed by atoms with van der Waals surface area (Å²) in [5.41, 5.74) is 0. The summed E-state index contributed by atoms with van der Waals surface area (Å²) in [5.74, 6) is 1.65. The summed E-state index contributed by atoms with van der Waals surface area (Å²) in [6.45, 7) is 12.6. The van der Waals surface area contributed by atoms with E-state index in [2.05, 4.69) is 25.7 Å². The summed E-state index contributed by atoms with van der Waals surface area (Å²) < 4.78 is 11.0. The van der Waals surface area contributed by atoms with E-state index in [-0.39, 0.29) is 30.1 Å². The van der Waals surface area contributed by atoms with Gasteiger partial charge in [0.05, 0.1) is 31.9 Å². The molecule has 3 saturated heterocycles. The van der Waals surface area contributed by atoms with Crippen LogP contribution >= 0.6 is 0 Å². The van der Waals surface area contributed by atoms with Crippen molar-refractivity contribution in [2.45, 2.75) is 64.7 Å². The highest BCUT2D eigenvalue weighted by molar-refractivity contribution is 5.83. The molecule has 4 rings (SSSR count). The normalized spacial score (nSPS) is 37.0.